The SMILES string of the molecule is Brc1cccc(-c2nc3n(n2)C(c2nccs2)N3)c1.C. The second kappa shape index (κ2) is 4.99. The molecule has 20 heavy (non-hydrogen) atoms. The molecule has 102 valence electrons. The summed E-state index contributed by atoms with van der Waals surface area (Å²) in [4.78, 5) is 8.76. The molecule has 3 heterocycles. The minimum atomic E-state index is 0. The summed E-state index contributed by atoms with van der Waals surface area (Å²) in [5, 5.41) is 10.7. The minimum absolute atomic E-state index is 0. The van der Waals surface area contributed by atoms with E-state index in [4.69, 9.17) is 0 Å². The Morgan fingerprint density at radius 1 is 1.35 bits per heavy atom. The van der Waals surface area contributed by atoms with Crippen molar-refractivity contribution in [3.63, 3.8) is 0 Å². The maximum Gasteiger partial charge on any atom is 0.226 e. The van der Waals surface area contributed by atoms with Gasteiger partial charge in [0.05, 0.1) is 0 Å². The van der Waals surface area contributed by atoms with Crippen molar-refractivity contribution in [3.05, 3.63) is 45.3 Å². The van der Waals surface area contributed by atoms with Gasteiger partial charge in [-0.1, -0.05) is 35.5 Å². The van der Waals surface area contributed by atoms with Gasteiger partial charge in [-0.25, -0.2) is 9.67 Å². The number of thiazole rings is 1. The zero-order valence-electron chi connectivity index (χ0n) is 9.62. The Hall–Kier alpha value is -1.73. The second-order valence-electron chi connectivity index (χ2n) is 4.13. The van der Waals surface area contributed by atoms with E-state index in [1.54, 1.807) is 17.5 Å². The van der Waals surface area contributed by atoms with Gasteiger partial charge in [-0.3, -0.25) is 0 Å². The molecule has 1 aliphatic heterocycles. The van der Waals surface area contributed by atoms with Crippen molar-refractivity contribution in [3.8, 4) is 11.4 Å². The van der Waals surface area contributed by atoms with Crippen LogP contribution in [0.3, 0.4) is 0 Å². The van der Waals surface area contributed by atoms with Crippen LogP contribution in [0.15, 0.2) is 40.3 Å². The van der Waals surface area contributed by atoms with Crippen LogP contribution in [0.4, 0.5) is 5.95 Å². The number of anilines is 1. The first-order valence-electron chi connectivity index (χ1n) is 5.70. The Kier molecular flexibility index (Phi) is 3.31. The first kappa shape index (κ1) is 13.3. The fraction of sp³-hybridized carbons (Fsp3) is 0.154. The molecule has 0 fully saturated rings. The molecule has 3 aromatic rings. The third-order valence-corrected chi connectivity index (χ3v) is 4.23. The average molecular weight is 350 g/mol. The molecule has 4 rings (SSSR count). The second-order valence-corrected chi connectivity index (χ2v) is 5.97. The van der Waals surface area contributed by atoms with Crippen LogP contribution in [0.25, 0.3) is 11.4 Å². The van der Waals surface area contributed by atoms with E-state index in [0.717, 1.165) is 26.8 Å². The minimum Gasteiger partial charge on any atom is -0.327 e. The summed E-state index contributed by atoms with van der Waals surface area (Å²) >= 11 is 5.07. The standard InChI is InChI=1S/C12H8BrN5S.CH4/c13-8-3-1-2-7(6-8)9-15-12-16-10(18(12)17-9)11-14-4-5-19-11;/h1-6,10H,(H,15,16,17);1H4. The Labute approximate surface area is 128 Å². The highest BCUT2D eigenvalue weighted by Crippen LogP contribution is 2.34. The molecule has 0 saturated carbocycles. The van der Waals surface area contributed by atoms with Crippen molar-refractivity contribution in [2.45, 2.75) is 13.6 Å². The third kappa shape index (κ3) is 2.03. The highest BCUT2D eigenvalue weighted by atomic mass is 79.9. The van der Waals surface area contributed by atoms with Crippen molar-refractivity contribution in [2.24, 2.45) is 0 Å². The van der Waals surface area contributed by atoms with Crippen molar-refractivity contribution >= 4 is 33.2 Å². The summed E-state index contributed by atoms with van der Waals surface area (Å²) in [5.74, 6) is 1.51. The summed E-state index contributed by atoms with van der Waals surface area (Å²) in [6, 6.07) is 7.96. The summed E-state index contributed by atoms with van der Waals surface area (Å²) < 4.78 is 2.89. The number of aromatic nitrogens is 4. The number of fused-ring (bicyclic) bond motifs is 1. The Morgan fingerprint density at radius 3 is 3.00 bits per heavy atom. The van der Waals surface area contributed by atoms with Crippen LogP contribution in [0.5, 0.6) is 0 Å². The van der Waals surface area contributed by atoms with Crippen molar-refractivity contribution in [1.29, 1.82) is 0 Å². The molecular weight excluding hydrogens is 338 g/mol. The maximum atomic E-state index is 4.53. The molecule has 1 N–H and O–H groups in total. The molecule has 0 amide bonds. The van der Waals surface area contributed by atoms with Crippen LogP contribution in [0.1, 0.15) is 18.6 Å². The zero-order valence-corrected chi connectivity index (χ0v) is 12.0. The van der Waals surface area contributed by atoms with E-state index < -0.39 is 0 Å². The highest BCUT2D eigenvalue weighted by Gasteiger charge is 2.32. The van der Waals surface area contributed by atoms with Gasteiger partial charge in [0.2, 0.25) is 5.95 Å². The van der Waals surface area contributed by atoms with Gasteiger partial charge in [-0.2, -0.15) is 4.98 Å². The van der Waals surface area contributed by atoms with Crippen LogP contribution in [-0.2, 0) is 0 Å². The molecule has 1 atom stereocenters. The highest BCUT2D eigenvalue weighted by molar-refractivity contribution is 9.10. The molecule has 7 heteroatoms. The monoisotopic (exact) mass is 349 g/mol. The van der Waals surface area contributed by atoms with Crippen molar-refractivity contribution in [1.82, 2.24) is 19.7 Å². The van der Waals surface area contributed by atoms with Gasteiger partial charge in [-0.05, 0) is 12.1 Å². The van der Waals surface area contributed by atoms with Crippen LogP contribution in [0, 0.1) is 0 Å². The summed E-state index contributed by atoms with van der Waals surface area (Å²) in [6.07, 6.45) is 1.81. The lowest BCUT2D eigenvalue weighted by Gasteiger charge is -2.26. The molecular formula is C13H12BrN5S. The predicted molar refractivity (Wildman–Crippen MR) is 83.8 cm³/mol. The van der Waals surface area contributed by atoms with Crippen LogP contribution < -0.4 is 5.32 Å². The van der Waals surface area contributed by atoms with E-state index in [1.807, 2.05) is 34.3 Å². The largest absolute Gasteiger partial charge is 0.327 e. The number of nitrogens with one attached hydrogen (secondary N) is 1. The molecule has 2 aromatic heterocycles. The summed E-state index contributed by atoms with van der Waals surface area (Å²) in [6.45, 7) is 0. The van der Waals surface area contributed by atoms with Gasteiger partial charge in [0.15, 0.2) is 12.0 Å². The van der Waals surface area contributed by atoms with E-state index in [0.29, 0.717) is 0 Å². The number of rotatable bonds is 2. The van der Waals surface area contributed by atoms with Gasteiger partial charge in [0, 0.05) is 21.6 Å². The topological polar surface area (TPSA) is 55.6 Å². The quantitative estimate of drug-likeness (QED) is 0.764. The van der Waals surface area contributed by atoms with Gasteiger partial charge in [0.25, 0.3) is 0 Å². The molecule has 1 aliphatic rings. The van der Waals surface area contributed by atoms with Crippen molar-refractivity contribution in [2.75, 3.05) is 5.32 Å². The number of hydrogen-bond acceptors (Lipinski definition) is 5. The summed E-state index contributed by atoms with van der Waals surface area (Å²) in [7, 11) is 0. The van der Waals surface area contributed by atoms with Gasteiger partial charge >= 0.3 is 0 Å². The fourth-order valence-corrected chi connectivity index (χ4v) is 3.07. The van der Waals surface area contributed by atoms with Crippen LogP contribution >= 0.6 is 27.3 Å². The Morgan fingerprint density at radius 2 is 2.25 bits per heavy atom. The van der Waals surface area contributed by atoms with Gasteiger partial charge in [0.1, 0.15) is 5.01 Å². The number of hydrogen-bond donors (Lipinski definition) is 1. The smallest absolute Gasteiger partial charge is 0.226 e. The van der Waals surface area contributed by atoms with Crippen molar-refractivity contribution < 1.29 is 0 Å². The molecule has 0 radical (unpaired) electrons. The molecule has 1 aromatic carbocycles. The molecule has 1 unspecified atom stereocenters. The molecule has 0 bridgehead atoms. The number of nitrogens with zero attached hydrogens (tertiary/aromatic N) is 4. The van der Waals surface area contributed by atoms with Crippen LogP contribution in [0.2, 0.25) is 0 Å². The Bertz CT molecular complexity index is 737. The van der Waals surface area contributed by atoms with E-state index in [9.17, 15) is 0 Å². The molecule has 0 saturated heterocycles. The fourth-order valence-electron chi connectivity index (χ4n) is 2.00. The average Bonchev–Trinajstić information content (AvgIpc) is 3.00. The first-order valence-corrected chi connectivity index (χ1v) is 7.37. The molecule has 5 nitrogen and oxygen atoms in total. The first-order chi connectivity index (χ1) is 9.31. The lowest BCUT2D eigenvalue weighted by molar-refractivity contribution is 0.508. The Balaban J connectivity index is 0.00000121. The number of halogens is 1. The third-order valence-electron chi connectivity index (χ3n) is 2.91. The predicted octanol–water partition coefficient (Wildman–Crippen LogP) is 3.77. The van der Waals surface area contributed by atoms with E-state index in [2.05, 4.69) is 36.3 Å². The normalized spacial score (nSPS) is 15.8. The van der Waals surface area contributed by atoms with Gasteiger partial charge in [-0.15, -0.1) is 16.4 Å². The molecule has 0 aliphatic carbocycles. The lowest BCUT2D eigenvalue weighted by atomic mass is 10.2. The molecule has 0 spiro atoms. The van der Waals surface area contributed by atoms with E-state index in [-0.39, 0.29) is 13.6 Å². The van der Waals surface area contributed by atoms with E-state index >= 15 is 0 Å². The summed E-state index contributed by atoms with van der Waals surface area (Å²) in [5.41, 5.74) is 0.996. The maximum absolute atomic E-state index is 4.53. The van der Waals surface area contributed by atoms with Gasteiger partial charge < -0.3 is 5.32 Å². The number of benzene rings is 1. The zero-order chi connectivity index (χ0) is 12.8. The van der Waals surface area contributed by atoms with Crippen LogP contribution in [-0.4, -0.2) is 19.7 Å². The lowest BCUT2D eigenvalue weighted by Crippen LogP contribution is -2.32. The van der Waals surface area contributed by atoms with E-state index in [1.165, 1.54) is 0 Å².